The number of carbonyl (C=O) groups is 1. The zero-order valence-electron chi connectivity index (χ0n) is 18.2. The van der Waals surface area contributed by atoms with Crippen LogP contribution in [0.25, 0.3) is 23.4 Å². The van der Waals surface area contributed by atoms with Crippen LogP contribution in [-0.2, 0) is 6.54 Å². The molecule has 8 bridgehead atoms. The van der Waals surface area contributed by atoms with E-state index in [0.29, 0.717) is 12.1 Å². The lowest BCUT2D eigenvalue weighted by atomic mass is 10.1. The van der Waals surface area contributed by atoms with Crippen molar-refractivity contribution in [1.29, 1.82) is 0 Å². The van der Waals surface area contributed by atoms with Crippen molar-refractivity contribution in [2.24, 2.45) is 0 Å². The summed E-state index contributed by atoms with van der Waals surface area (Å²) in [6.07, 6.45) is 14.6. The summed E-state index contributed by atoms with van der Waals surface area (Å²) in [5.74, 6) is -0.146. The van der Waals surface area contributed by atoms with Crippen LogP contribution in [0.1, 0.15) is 27.2 Å². The van der Waals surface area contributed by atoms with Crippen molar-refractivity contribution in [3.05, 3.63) is 89.9 Å². The number of fused-ring (bicyclic) bond motifs is 9. The Morgan fingerprint density at radius 3 is 2.79 bits per heavy atom. The van der Waals surface area contributed by atoms with E-state index in [-0.39, 0.29) is 5.91 Å². The van der Waals surface area contributed by atoms with Gasteiger partial charge in [0, 0.05) is 41.2 Å². The van der Waals surface area contributed by atoms with Crippen molar-refractivity contribution in [2.75, 3.05) is 11.0 Å². The number of aromatic nitrogens is 4. The second-order valence-electron chi connectivity index (χ2n) is 7.48. The topological polar surface area (TPSA) is 92.7 Å². The van der Waals surface area contributed by atoms with E-state index in [0.717, 1.165) is 43.6 Å². The first-order chi connectivity index (χ1) is 16.7. The minimum absolute atomic E-state index is 0.146. The highest BCUT2D eigenvalue weighted by Gasteiger charge is 2.13. The van der Waals surface area contributed by atoms with Gasteiger partial charge in [-0.05, 0) is 65.7 Å². The number of nitrogens with zero attached hydrogens (tertiary/aromatic N) is 4. The molecule has 4 aromatic rings. The Hall–Kier alpha value is -3.69. The Morgan fingerprint density at radius 1 is 0.971 bits per heavy atom. The maximum absolute atomic E-state index is 12.8. The van der Waals surface area contributed by atoms with Crippen molar-refractivity contribution in [1.82, 2.24) is 25.3 Å². The normalized spacial score (nSPS) is 13.1. The lowest BCUT2D eigenvalue weighted by molar-refractivity contribution is 0.0950. The van der Waals surface area contributed by atoms with Crippen LogP contribution >= 0.6 is 23.7 Å². The molecule has 3 aromatic heterocycles. The molecular formula is C25H20N6OS2. The molecule has 0 spiro atoms. The average Bonchev–Trinajstić information content (AvgIpc) is 2.89. The molecule has 1 amide bonds. The third-order valence-corrected chi connectivity index (χ3v) is 6.77. The molecule has 1 aromatic carbocycles. The molecule has 0 unspecified atom stereocenters. The first-order valence-electron chi connectivity index (χ1n) is 10.5. The van der Waals surface area contributed by atoms with E-state index in [1.54, 1.807) is 48.9 Å². The second-order valence-corrected chi connectivity index (χ2v) is 9.17. The van der Waals surface area contributed by atoms with E-state index in [9.17, 15) is 4.79 Å². The van der Waals surface area contributed by atoms with Crippen LogP contribution in [0.3, 0.4) is 0 Å². The third-order valence-electron chi connectivity index (χ3n) is 5.13. The van der Waals surface area contributed by atoms with Crippen molar-refractivity contribution in [3.8, 4) is 11.3 Å². The molecule has 0 fully saturated rings. The van der Waals surface area contributed by atoms with Crippen LogP contribution < -0.4 is 10.0 Å². The van der Waals surface area contributed by atoms with E-state index in [2.05, 4.69) is 30.0 Å². The van der Waals surface area contributed by atoms with Gasteiger partial charge in [0.25, 0.3) is 5.91 Å². The largest absolute Gasteiger partial charge is 0.348 e. The minimum atomic E-state index is -0.146. The molecule has 7 nitrogen and oxygen atoms in total. The van der Waals surface area contributed by atoms with Gasteiger partial charge in [0.15, 0.2) is 0 Å². The monoisotopic (exact) mass is 484 g/mol. The van der Waals surface area contributed by atoms with Crippen LogP contribution in [0.15, 0.2) is 77.3 Å². The SMILES string of the molecule is CSc1c2ncnc1-c1cncc(c1)CNC(=O)c1cccc(c1)SNc1cncc(c1)C=C2. The summed E-state index contributed by atoms with van der Waals surface area (Å²) in [6.45, 7) is 0.360. The van der Waals surface area contributed by atoms with Crippen molar-refractivity contribution in [2.45, 2.75) is 16.3 Å². The predicted molar refractivity (Wildman–Crippen MR) is 137 cm³/mol. The van der Waals surface area contributed by atoms with E-state index in [4.69, 9.17) is 0 Å². The van der Waals surface area contributed by atoms with Crippen LogP contribution in [0.5, 0.6) is 0 Å². The quantitative estimate of drug-likeness (QED) is 0.282. The van der Waals surface area contributed by atoms with Gasteiger partial charge in [0.2, 0.25) is 0 Å². The maximum atomic E-state index is 12.8. The number of hydrogen-bond acceptors (Lipinski definition) is 8. The third kappa shape index (κ3) is 4.95. The number of carbonyl (C=O) groups excluding carboxylic acids is 1. The Bertz CT molecular complexity index is 1390. The van der Waals surface area contributed by atoms with E-state index < -0.39 is 0 Å². The molecule has 34 heavy (non-hydrogen) atoms. The van der Waals surface area contributed by atoms with Gasteiger partial charge in [-0.3, -0.25) is 14.8 Å². The molecule has 5 rings (SSSR count). The standard InChI is InChI=1S/C25H20N6OS2/c1-33-24-22-6-5-16-8-20(14-27-10-16)31-34-21-4-2-3-18(9-21)25(32)28-12-17-7-19(13-26-11-17)23(24)30-15-29-22/h2-11,13-15,31H,12H2,1H3,(H,28,32). The molecule has 168 valence electrons. The van der Waals surface area contributed by atoms with Gasteiger partial charge in [0.05, 0.1) is 28.2 Å². The zero-order chi connectivity index (χ0) is 23.3. The molecule has 1 aliphatic rings. The summed E-state index contributed by atoms with van der Waals surface area (Å²) in [6, 6.07) is 11.5. The molecule has 1 aliphatic heterocycles. The van der Waals surface area contributed by atoms with Crippen molar-refractivity contribution < 1.29 is 4.79 Å². The Balaban J connectivity index is 1.60. The first-order valence-corrected chi connectivity index (χ1v) is 12.5. The fraction of sp³-hybridized carbons (Fsp3) is 0.0800. The molecule has 4 heterocycles. The second kappa shape index (κ2) is 10.1. The summed E-state index contributed by atoms with van der Waals surface area (Å²) in [4.78, 5) is 32.4. The van der Waals surface area contributed by atoms with Crippen LogP contribution in [0.4, 0.5) is 5.69 Å². The Kier molecular flexibility index (Phi) is 6.55. The number of rotatable bonds is 1. The maximum Gasteiger partial charge on any atom is 0.251 e. The Morgan fingerprint density at radius 2 is 1.88 bits per heavy atom. The predicted octanol–water partition coefficient (Wildman–Crippen LogP) is 5.19. The number of nitrogens with one attached hydrogen (secondary N) is 2. The Labute approximate surface area is 205 Å². The van der Waals surface area contributed by atoms with Gasteiger partial charge in [-0.2, -0.15) is 0 Å². The molecule has 9 heteroatoms. The summed E-state index contributed by atoms with van der Waals surface area (Å²) in [5, 5.41) is 2.99. The highest BCUT2D eigenvalue weighted by molar-refractivity contribution is 8.00. The first kappa shape index (κ1) is 22.1. The fourth-order valence-corrected chi connectivity index (χ4v) is 4.88. The highest BCUT2D eigenvalue weighted by atomic mass is 32.2. The number of amides is 1. The summed E-state index contributed by atoms with van der Waals surface area (Å²) < 4.78 is 3.31. The smallest absolute Gasteiger partial charge is 0.251 e. The van der Waals surface area contributed by atoms with Gasteiger partial charge in [-0.15, -0.1) is 11.8 Å². The fourth-order valence-electron chi connectivity index (χ4n) is 3.51. The average molecular weight is 485 g/mol. The van der Waals surface area contributed by atoms with Gasteiger partial charge in [0.1, 0.15) is 6.33 Å². The van der Waals surface area contributed by atoms with Gasteiger partial charge in [-0.25, -0.2) is 9.97 Å². The number of thioether (sulfide) groups is 1. The van der Waals surface area contributed by atoms with Crippen LogP contribution in [-0.4, -0.2) is 32.1 Å². The highest BCUT2D eigenvalue weighted by Crippen LogP contribution is 2.31. The lowest BCUT2D eigenvalue weighted by Gasteiger charge is -2.11. The zero-order valence-corrected chi connectivity index (χ0v) is 19.9. The summed E-state index contributed by atoms with van der Waals surface area (Å²) in [7, 11) is 0. The summed E-state index contributed by atoms with van der Waals surface area (Å²) in [5.41, 5.74) is 5.77. The van der Waals surface area contributed by atoms with Gasteiger partial charge >= 0.3 is 0 Å². The number of pyridine rings is 2. The summed E-state index contributed by atoms with van der Waals surface area (Å²) >= 11 is 3.01. The van der Waals surface area contributed by atoms with Crippen molar-refractivity contribution in [3.63, 3.8) is 0 Å². The van der Waals surface area contributed by atoms with Crippen LogP contribution in [0.2, 0.25) is 0 Å². The minimum Gasteiger partial charge on any atom is -0.348 e. The van der Waals surface area contributed by atoms with E-state index in [1.165, 1.54) is 11.9 Å². The molecule has 0 saturated carbocycles. The number of benzene rings is 1. The van der Waals surface area contributed by atoms with Gasteiger partial charge < -0.3 is 10.0 Å². The molecule has 0 atom stereocenters. The number of anilines is 1. The van der Waals surface area contributed by atoms with E-state index in [1.807, 2.05) is 48.7 Å². The molecule has 0 saturated heterocycles. The molecule has 2 N–H and O–H groups in total. The van der Waals surface area contributed by atoms with Gasteiger partial charge in [-0.1, -0.05) is 12.1 Å². The van der Waals surface area contributed by atoms with E-state index >= 15 is 0 Å². The van der Waals surface area contributed by atoms with Crippen molar-refractivity contribution >= 4 is 47.5 Å². The van der Waals surface area contributed by atoms with Crippen LogP contribution in [0, 0.1) is 0 Å². The number of hydrogen-bond donors (Lipinski definition) is 2. The molecule has 0 aliphatic carbocycles. The molecular weight excluding hydrogens is 464 g/mol. The lowest BCUT2D eigenvalue weighted by Crippen LogP contribution is -2.22. The molecule has 0 radical (unpaired) electrons.